The molecule has 2 unspecified atom stereocenters. The molecule has 1 aliphatic heterocycles. The second-order valence-electron chi connectivity index (χ2n) is 5.97. The van der Waals surface area contributed by atoms with Crippen LogP contribution in [0, 0.1) is 4.64 Å². The molecule has 0 aromatic carbocycles. The summed E-state index contributed by atoms with van der Waals surface area (Å²) in [6.07, 6.45) is -4.15. The Morgan fingerprint density at radius 3 is 2.71 bits per heavy atom. The first-order chi connectivity index (χ1) is 12.9. The number of nitrogen functional groups attached to an aromatic ring is 1. The minimum Gasteiger partial charge on any atom is -0.387 e. The van der Waals surface area contributed by atoms with E-state index in [1.165, 1.54) is 10.9 Å². The standard InChI is InChI=1S/C11H17N5O9P2S/c1-26(19,20)25-27(21,22)23-2-4-6(17)7(18)10(24-4)16-3-13-5-8(16)14-11(12)15-9(5)28/h3-4,6-7,10,17-18H,2H2,1H3,(H,19,20)(H,21,22)(H3,12,14,15,28)/t4-,6-,7-,10-/m1/s1. The Morgan fingerprint density at radius 2 is 2.07 bits per heavy atom. The number of nitrogens with zero attached hydrogens (tertiary/aromatic N) is 3. The van der Waals surface area contributed by atoms with Gasteiger partial charge in [-0.1, -0.05) is 12.2 Å². The Bertz CT molecular complexity index is 1040. The summed E-state index contributed by atoms with van der Waals surface area (Å²) in [5.74, 6) is -0.00136. The molecule has 14 nitrogen and oxygen atoms in total. The Balaban J connectivity index is 1.79. The molecule has 3 heterocycles. The van der Waals surface area contributed by atoms with Crippen LogP contribution in [0.15, 0.2) is 6.33 Å². The maximum atomic E-state index is 11.7. The highest BCUT2D eigenvalue weighted by Crippen LogP contribution is 2.58. The van der Waals surface area contributed by atoms with Gasteiger partial charge in [0.2, 0.25) is 0 Å². The van der Waals surface area contributed by atoms with Crippen molar-refractivity contribution in [2.45, 2.75) is 24.5 Å². The molecule has 17 heteroatoms. The third-order valence-corrected chi connectivity index (χ3v) is 6.53. The monoisotopic (exact) mass is 457 g/mol. The van der Waals surface area contributed by atoms with Gasteiger partial charge in [0.15, 0.2) is 16.8 Å². The fourth-order valence-electron chi connectivity index (χ4n) is 2.63. The number of phosphoric ester groups is 1. The van der Waals surface area contributed by atoms with Crippen LogP contribution in [-0.4, -0.2) is 71.1 Å². The lowest BCUT2D eigenvalue weighted by molar-refractivity contribution is -0.0501. The van der Waals surface area contributed by atoms with Gasteiger partial charge in [-0.05, 0) is 0 Å². The number of nitrogens with one attached hydrogen (secondary N) is 1. The number of aromatic amines is 1. The predicted molar refractivity (Wildman–Crippen MR) is 95.7 cm³/mol. The fraction of sp³-hybridized carbons (Fsp3) is 0.545. The Hall–Kier alpha value is -1.25. The molecule has 1 fully saturated rings. The Labute approximate surface area is 162 Å². The molecule has 3 rings (SSSR count). The first-order valence-corrected chi connectivity index (χ1v) is 11.5. The van der Waals surface area contributed by atoms with Gasteiger partial charge in [-0.25, -0.2) is 18.8 Å². The van der Waals surface area contributed by atoms with Crippen LogP contribution < -0.4 is 5.73 Å². The fourth-order valence-corrected chi connectivity index (χ4v) is 4.93. The average Bonchev–Trinajstić information content (AvgIpc) is 3.06. The molecule has 0 saturated carbocycles. The van der Waals surface area contributed by atoms with Gasteiger partial charge in [0.05, 0.1) is 12.9 Å². The number of aliphatic hydroxyl groups is 2. The van der Waals surface area contributed by atoms with E-state index in [4.69, 9.17) is 27.6 Å². The Morgan fingerprint density at radius 1 is 1.39 bits per heavy atom. The molecule has 2 aromatic rings. The van der Waals surface area contributed by atoms with E-state index in [1.54, 1.807) is 0 Å². The third kappa shape index (κ3) is 4.49. The topological polar surface area (TPSA) is 215 Å². The van der Waals surface area contributed by atoms with Crippen molar-refractivity contribution >= 4 is 44.7 Å². The minimum absolute atomic E-state index is 0.00136. The van der Waals surface area contributed by atoms with E-state index in [0.717, 1.165) is 0 Å². The molecule has 1 aliphatic rings. The lowest BCUT2D eigenvalue weighted by atomic mass is 10.1. The van der Waals surface area contributed by atoms with Crippen molar-refractivity contribution < 1.29 is 42.7 Å². The highest BCUT2D eigenvalue weighted by molar-refractivity contribution is 7.71. The van der Waals surface area contributed by atoms with Crippen molar-refractivity contribution in [2.75, 3.05) is 19.0 Å². The van der Waals surface area contributed by atoms with Crippen molar-refractivity contribution in [2.24, 2.45) is 0 Å². The molecular formula is C11H17N5O9P2S. The molecule has 0 bridgehead atoms. The van der Waals surface area contributed by atoms with Gasteiger partial charge < -0.3 is 35.5 Å². The average molecular weight is 457 g/mol. The van der Waals surface area contributed by atoms with Crippen LogP contribution in [-0.2, 0) is 22.7 Å². The summed E-state index contributed by atoms with van der Waals surface area (Å²) in [6.45, 7) is -0.0105. The molecule has 0 amide bonds. The van der Waals surface area contributed by atoms with Crippen molar-refractivity contribution in [3.05, 3.63) is 11.0 Å². The zero-order valence-electron chi connectivity index (χ0n) is 14.1. The molecule has 2 aromatic heterocycles. The van der Waals surface area contributed by atoms with Crippen molar-refractivity contribution in [3.8, 4) is 0 Å². The SMILES string of the molecule is CP(=O)(O)OP(=O)(O)OC[C@H]1O[C@@H](n2cnc3c(=S)nc(N)[nH]c32)[C@H](O)[C@@H]1O. The van der Waals surface area contributed by atoms with Crippen LogP contribution in [0.4, 0.5) is 5.95 Å². The summed E-state index contributed by atoms with van der Waals surface area (Å²) < 4.78 is 38.4. The van der Waals surface area contributed by atoms with Crippen molar-refractivity contribution in [1.29, 1.82) is 0 Å². The zero-order chi connectivity index (χ0) is 20.9. The highest BCUT2D eigenvalue weighted by Gasteiger charge is 2.45. The number of anilines is 1. The van der Waals surface area contributed by atoms with Crippen molar-refractivity contribution in [1.82, 2.24) is 19.5 Å². The van der Waals surface area contributed by atoms with E-state index in [1.807, 2.05) is 0 Å². The number of H-pyrrole nitrogens is 1. The molecule has 28 heavy (non-hydrogen) atoms. The largest absolute Gasteiger partial charge is 0.479 e. The van der Waals surface area contributed by atoms with E-state index in [0.29, 0.717) is 6.66 Å². The molecule has 0 radical (unpaired) electrons. The van der Waals surface area contributed by atoms with Gasteiger partial charge in [0.25, 0.3) is 0 Å². The van der Waals surface area contributed by atoms with Gasteiger partial charge in [-0.3, -0.25) is 13.7 Å². The van der Waals surface area contributed by atoms with Crippen LogP contribution >= 0.6 is 27.6 Å². The van der Waals surface area contributed by atoms with Gasteiger partial charge >= 0.3 is 15.4 Å². The van der Waals surface area contributed by atoms with Crippen LogP contribution in [0.3, 0.4) is 0 Å². The normalized spacial score (nSPS) is 29.6. The van der Waals surface area contributed by atoms with Gasteiger partial charge in [0, 0.05) is 6.66 Å². The zero-order valence-corrected chi connectivity index (χ0v) is 16.8. The second-order valence-corrected chi connectivity index (χ2v) is 9.81. The van der Waals surface area contributed by atoms with Gasteiger partial charge in [-0.15, -0.1) is 0 Å². The van der Waals surface area contributed by atoms with Crippen LogP contribution in [0.5, 0.6) is 0 Å². The number of aromatic nitrogens is 4. The van der Waals surface area contributed by atoms with Crippen LogP contribution in [0.1, 0.15) is 6.23 Å². The number of nitrogens with two attached hydrogens (primary N) is 1. The van der Waals surface area contributed by atoms with Crippen molar-refractivity contribution in [3.63, 3.8) is 0 Å². The number of hydrogen-bond acceptors (Lipinski definition) is 11. The molecule has 6 atom stereocenters. The van der Waals surface area contributed by atoms with E-state index in [9.17, 15) is 24.2 Å². The van der Waals surface area contributed by atoms with E-state index < -0.39 is 46.6 Å². The number of aliphatic hydroxyl groups excluding tert-OH is 2. The summed E-state index contributed by atoms with van der Waals surface area (Å²) in [6, 6.07) is 0. The highest BCUT2D eigenvalue weighted by atomic mass is 32.1. The quantitative estimate of drug-likeness (QED) is 0.242. The minimum atomic E-state index is -4.89. The second kappa shape index (κ2) is 7.54. The maximum absolute atomic E-state index is 11.7. The molecule has 1 saturated heterocycles. The molecule has 7 N–H and O–H groups in total. The number of fused-ring (bicyclic) bond motifs is 1. The maximum Gasteiger partial charge on any atom is 0.479 e. The summed E-state index contributed by atoms with van der Waals surface area (Å²) in [5, 5.41) is 20.5. The Kier molecular flexibility index (Phi) is 5.78. The van der Waals surface area contributed by atoms with Gasteiger partial charge in [0.1, 0.15) is 29.5 Å². The molecular weight excluding hydrogens is 440 g/mol. The number of phosphoric acid groups is 1. The van der Waals surface area contributed by atoms with Gasteiger partial charge in [-0.2, -0.15) is 0 Å². The summed E-state index contributed by atoms with van der Waals surface area (Å²) in [7, 11) is -9.19. The molecule has 0 aliphatic carbocycles. The van der Waals surface area contributed by atoms with Crippen LogP contribution in [0.2, 0.25) is 0 Å². The lowest BCUT2D eigenvalue weighted by Crippen LogP contribution is -2.33. The third-order valence-electron chi connectivity index (χ3n) is 3.73. The molecule has 156 valence electrons. The van der Waals surface area contributed by atoms with E-state index in [2.05, 4.69) is 23.8 Å². The number of hydrogen-bond donors (Lipinski definition) is 6. The first kappa shape index (κ1) is 21.5. The van der Waals surface area contributed by atoms with E-state index in [-0.39, 0.29) is 21.8 Å². The summed E-state index contributed by atoms with van der Waals surface area (Å²) in [4.78, 5) is 29.1. The summed E-state index contributed by atoms with van der Waals surface area (Å²) >= 11 is 5.06. The summed E-state index contributed by atoms with van der Waals surface area (Å²) in [5.41, 5.74) is 6.18. The first-order valence-electron chi connectivity index (χ1n) is 7.61. The van der Waals surface area contributed by atoms with E-state index >= 15 is 0 Å². The predicted octanol–water partition coefficient (Wildman–Crippen LogP) is -0.361. The number of rotatable bonds is 6. The number of imidazole rings is 1. The number of ether oxygens (including phenoxy) is 1. The van der Waals surface area contributed by atoms with Crippen LogP contribution in [0.25, 0.3) is 11.2 Å². The smallest absolute Gasteiger partial charge is 0.387 e. The molecule has 0 spiro atoms. The lowest BCUT2D eigenvalue weighted by Gasteiger charge is -2.18.